The molecule has 6 heteroatoms. The van der Waals surface area contributed by atoms with E-state index in [-0.39, 0.29) is 5.82 Å². The lowest BCUT2D eigenvalue weighted by molar-refractivity contribution is 0.627. The van der Waals surface area contributed by atoms with Crippen molar-refractivity contribution in [1.82, 2.24) is 14.8 Å². The highest BCUT2D eigenvalue weighted by molar-refractivity contribution is 14.1. The quantitative estimate of drug-likeness (QED) is 0.516. The molecule has 0 spiro atoms. The molecule has 0 aliphatic rings. The number of aromatic amines is 1. The van der Waals surface area contributed by atoms with Gasteiger partial charge in [0, 0.05) is 14.8 Å². The van der Waals surface area contributed by atoms with E-state index in [1.54, 1.807) is 6.07 Å². The fourth-order valence-electron chi connectivity index (χ4n) is 1.97. The second kappa shape index (κ2) is 5.45. The molecule has 0 saturated carbocycles. The molecule has 0 fully saturated rings. The number of aromatic nitrogens is 3. The van der Waals surface area contributed by atoms with Gasteiger partial charge in [0.1, 0.15) is 5.82 Å². The molecule has 0 radical (unpaired) electrons. The van der Waals surface area contributed by atoms with Crippen molar-refractivity contribution in [3.63, 3.8) is 0 Å². The zero-order valence-electron chi connectivity index (χ0n) is 10.2. The largest absolute Gasteiger partial charge is 0.268 e. The van der Waals surface area contributed by atoms with Crippen LogP contribution in [-0.4, -0.2) is 14.8 Å². The van der Waals surface area contributed by atoms with Gasteiger partial charge in [-0.1, -0.05) is 18.2 Å². The van der Waals surface area contributed by atoms with Crippen LogP contribution in [0.3, 0.4) is 0 Å². The van der Waals surface area contributed by atoms with Crippen LogP contribution in [0.5, 0.6) is 0 Å². The maximum Gasteiger partial charge on any atom is 0.200 e. The number of benzene rings is 2. The van der Waals surface area contributed by atoms with Crippen molar-refractivity contribution in [2.75, 3.05) is 0 Å². The van der Waals surface area contributed by atoms with E-state index in [9.17, 15) is 4.39 Å². The summed E-state index contributed by atoms with van der Waals surface area (Å²) in [6.07, 6.45) is 0. The summed E-state index contributed by atoms with van der Waals surface area (Å²) in [7, 11) is 0. The predicted octanol–water partition coefficient (Wildman–Crippen LogP) is 4.34. The lowest BCUT2D eigenvalue weighted by Gasteiger charge is -2.08. The van der Waals surface area contributed by atoms with E-state index >= 15 is 0 Å². The molecule has 3 aromatic rings. The van der Waals surface area contributed by atoms with Crippen molar-refractivity contribution in [2.45, 2.75) is 0 Å². The van der Waals surface area contributed by atoms with Gasteiger partial charge in [0.15, 0.2) is 10.6 Å². The topological polar surface area (TPSA) is 33.6 Å². The van der Waals surface area contributed by atoms with Crippen molar-refractivity contribution < 1.29 is 4.39 Å². The summed E-state index contributed by atoms with van der Waals surface area (Å²) in [5.41, 5.74) is 1.75. The number of para-hydroxylation sites is 1. The number of hydrogen-bond donors (Lipinski definition) is 1. The Morgan fingerprint density at radius 2 is 1.90 bits per heavy atom. The maximum absolute atomic E-state index is 13.2. The minimum absolute atomic E-state index is 0.265. The highest BCUT2D eigenvalue weighted by atomic mass is 127. The highest BCUT2D eigenvalue weighted by Gasteiger charge is 2.13. The predicted molar refractivity (Wildman–Crippen MR) is 86.9 cm³/mol. The Balaban J connectivity index is 2.24. The molecule has 3 nitrogen and oxygen atoms in total. The molecule has 0 amide bonds. The third-order valence-corrected chi connectivity index (χ3v) is 4.03. The summed E-state index contributed by atoms with van der Waals surface area (Å²) in [6, 6.07) is 14.3. The third-order valence-electron chi connectivity index (χ3n) is 2.86. The Labute approximate surface area is 133 Å². The van der Waals surface area contributed by atoms with Gasteiger partial charge < -0.3 is 0 Å². The number of halogens is 2. The van der Waals surface area contributed by atoms with E-state index < -0.39 is 0 Å². The Hall–Kier alpha value is -1.54. The summed E-state index contributed by atoms with van der Waals surface area (Å²) in [5, 5.41) is 7.07. The molecule has 0 unspecified atom stereocenters. The first-order valence-corrected chi connectivity index (χ1v) is 7.34. The summed E-state index contributed by atoms with van der Waals surface area (Å²) < 4.78 is 16.4. The molecule has 0 atom stereocenters. The molecule has 2 aromatic carbocycles. The van der Waals surface area contributed by atoms with Gasteiger partial charge in [-0.3, -0.25) is 9.67 Å². The first-order valence-electron chi connectivity index (χ1n) is 5.85. The molecule has 3 rings (SSSR count). The molecular weight excluding hydrogens is 388 g/mol. The summed E-state index contributed by atoms with van der Waals surface area (Å²) in [4.78, 5) is 0. The van der Waals surface area contributed by atoms with E-state index in [1.165, 1.54) is 12.1 Å². The van der Waals surface area contributed by atoms with Crippen molar-refractivity contribution >= 4 is 34.8 Å². The van der Waals surface area contributed by atoms with Crippen LogP contribution in [0.25, 0.3) is 17.1 Å². The van der Waals surface area contributed by atoms with Gasteiger partial charge in [-0.15, -0.1) is 0 Å². The van der Waals surface area contributed by atoms with Crippen LogP contribution in [-0.2, 0) is 0 Å². The van der Waals surface area contributed by atoms with Crippen LogP contribution in [0.4, 0.5) is 4.39 Å². The second-order valence-electron chi connectivity index (χ2n) is 4.15. The normalized spacial score (nSPS) is 10.7. The van der Waals surface area contributed by atoms with Crippen LogP contribution < -0.4 is 0 Å². The van der Waals surface area contributed by atoms with Crippen molar-refractivity contribution in [2.24, 2.45) is 0 Å². The molecule has 0 aliphatic heterocycles. The SMILES string of the molecule is Fc1ccc(-c2n[nH]c(=S)n2-c2ccccc2)c(I)c1. The molecule has 100 valence electrons. The van der Waals surface area contributed by atoms with Gasteiger partial charge in [0.2, 0.25) is 0 Å². The van der Waals surface area contributed by atoms with Gasteiger partial charge in [0.25, 0.3) is 0 Å². The molecule has 0 bridgehead atoms. The summed E-state index contributed by atoms with van der Waals surface area (Å²) >= 11 is 7.39. The van der Waals surface area contributed by atoms with Crippen LogP contribution in [0.1, 0.15) is 0 Å². The standard InChI is InChI=1S/C14H9FIN3S/c15-9-6-7-11(12(16)8-9)13-17-18-14(20)19(13)10-4-2-1-3-5-10/h1-8H,(H,18,20). The number of rotatable bonds is 2. The molecule has 0 saturated heterocycles. The molecule has 1 aromatic heterocycles. The Morgan fingerprint density at radius 3 is 2.60 bits per heavy atom. The van der Waals surface area contributed by atoms with Crippen molar-refractivity contribution in [3.8, 4) is 17.1 Å². The van der Waals surface area contributed by atoms with Gasteiger partial charge in [-0.2, -0.15) is 5.10 Å². The molecular formula is C14H9FIN3S. The average Bonchev–Trinajstić information content (AvgIpc) is 2.81. The fourth-order valence-corrected chi connectivity index (χ4v) is 2.92. The monoisotopic (exact) mass is 397 g/mol. The summed E-state index contributed by atoms with van der Waals surface area (Å²) in [6.45, 7) is 0. The fraction of sp³-hybridized carbons (Fsp3) is 0. The van der Waals surface area contributed by atoms with Gasteiger partial charge in [-0.25, -0.2) is 4.39 Å². The van der Waals surface area contributed by atoms with Crippen LogP contribution >= 0.6 is 34.8 Å². The van der Waals surface area contributed by atoms with E-state index in [2.05, 4.69) is 32.8 Å². The Morgan fingerprint density at radius 1 is 1.15 bits per heavy atom. The number of H-pyrrole nitrogens is 1. The molecule has 20 heavy (non-hydrogen) atoms. The smallest absolute Gasteiger partial charge is 0.200 e. The molecule has 1 heterocycles. The maximum atomic E-state index is 13.2. The minimum atomic E-state index is -0.265. The number of hydrogen-bond acceptors (Lipinski definition) is 2. The van der Waals surface area contributed by atoms with Gasteiger partial charge in [-0.05, 0) is 65.1 Å². The zero-order valence-corrected chi connectivity index (χ0v) is 13.2. The van der Waals surface area contributed by atoms with Crippen LogP contribution in [0, 0.1) is 14.2 Å². The van der Waals surface area contributed by atoms with E-state index in [4.69, 9.17) is 12.2 Å². The lowest BCUT2D eigenvalue weighted by Crippen LogP contribution is -1.98. The van der Waals surface area contributed by atoms with Crippen LogP contribution in [0.2, 0.25) is 0 Å². The molecule has 1 N–H and O–H groups in total. The van der Waals surface area contributed by atoms with E-state index in [0.717, 1.165) is 14.8 Å². The number of nitrogens with one attached hydrogen (secondary N) is 1. The zero-order chi connectivity index (χ0) is 14.1. The second-order valence-corrected chi connectivity index (χ2v) is 5.70. The van der Waals surface area contributed by atoms with Crippen molar-refractivity contribution in [1.29, 1.82) is 0 Å². The average molecular weight is 397 g/mol. The van der Waals surface area contributed by atoms with Crippen LogP contribution in [0.15, 0.2) is 48.5 Å². The first-order chi connectivity index (χ1) is 9.66. The first kappa shape index (κ1) is 13.4. The van der Waals surface area contributed by atoms with Gasteiger partial charge >= 0.3 is 0 Å². The van der Waals surface area contributed by atoms with E-state index in [1.807, 2.05) is 34.9 Å². The summed E-state index contributed by atoms with van der Waals surface area (Å²) in [5.74, 6) is 0.407. The Bertz CT molecular complexity index is 811. The van der Waals surface area contributed by atoms with E-state index in [0.29, 0.717) is 10.6 Å². The molecule has 0 aliphatic carbocycles. The van der Waals surface area contributed by atoms with Crippen molar-refractivity contribution in [3.05, 3.63) is 62.7 Å². The lowest BCUT2D eigenvalue weighted by atomic mass is 10.2. The highest BCUT2D eigenvalue weighted by Crippen LogP contribution is 2.26. The minimum Gasteiger partial charge on any atom is -0.268 e. The Kier molecular flexibility index (Phi) is 3.66. The third kappa shape index (κ3) is 2.40. The number of nitrogens with zero attached hydrogens (tertiary/aromatic N) is 2. The van der Waals surface area contributed by atoms with Gasteiger partial charge in [0.05, 0.1) is 0 Å².